The molecule has 1 saturated heterocycles. The molecule has 0 radical (unpaired) electrons. The molecular formula is C19H14FN3O4S. The summed E-state index contributed by atoms with van der Waals surface area (Å²) in [5.74, 6) is -1.10. The number of carbonyl (C=O) groups excluding carboxylic acids is 2. The van der Waals surface area contributed by atoms with Crippen molar-refractivity contribution in [2.24, 2.45) is 10.2 Å². The van der Waals surface area contributed by atoms with Crippen LogP contribution < -0.4 is 10.1 Å². The van der Waals surface area contributed by atoms with Gasteiger partial charge in [-0.1, -0.05) is 24.3 Å². The van der Waals surface area contributed by atoms with Crippen LogP contribution in [-0.2, 0) is 14.3 Å². The number of nitrogens with one attached hydrogen (secondary N) is 1. The van der Waals surface area contributed by atoms with E-state index in [1.165, 1.54) is 25.5 Å². The lowest BCUT2D eigenvalue weighted by Gasteiger charge is -2.08. The summed E-state index contributed by atoms with van der Waals surface area (Å²) in [6.45, 7) is 0. The Bertz CT molecular complexity index is 1000. The van der Waals surface area contributed by atoms with Crippen LogP contribution in [0.2, 0.25) is 0 Å². The van der Waals surface area contributed by atoms with Gasteiger partial charge in [-0.15, -0.1) is 5.10 Å². The molecule has 2 aromatic carbocycles. The van der Waals surface area contributed by atoms with Crippen LogP contribution in [0.25, 0.3) is 0 Å². The summed E-state index contributed by atoms with van der Waals surface area (Å²) < 4.78 is 23.9. The number of methoxy groups -OCH3 is 1. The van der Waals surface area contributed by atoms with Crippen LogP contribution in [-0.4, -0.2) is 30.4 Å². The second kappa shape index (κ2) is 8.96. The number of carbonyl (C=O) groups is 2. The molecule has 0 aromatic heterocycles. The number of benzene rings is 2. The van der Waals surface area contributed by atoms with E-state index in [1.54, 1.807) is 36.4 Å². The molecule has 0 spiro atoms. The predicted octanol–water partition coefficient (Wildman–Crippen LogP) is 3.23. The van der Waals surface area contributed by atoms with Crippen LogP contribution in [0.5, 0.6) is 11.5 Å². The molecule has 1 fully saturated rings. The molecule has 0 saturated carbocycles. The highest BCUT2D eigenvalue weighted by molar-refractivity contribution is 8.18. The number of thioether (sulfide) groups is 1. The van der Waals surface area contributed by atoms with Crippen molar-refractivity contribution in [1.29, 1.82) is 0 Å². The standard InChI is InChI=1S/C19H14FN3O4S/c1-26-17(24)10-16-18(25)22-19(28-16)23-21-11-12-6-2-4-8-14(12)27-15-9-5-3-7-13(15)20/h2-11H,1H3,(H,22,23,25)/b16-10+,21-11?. The summed E-state index contributed by atoms with van der Waals surface area (Å²) in [7, 11) is 1.22. The van der Waals surface area contributed by atoms with Gasteiger partial charge in [-0.3, -0.25) is 10.1 Å². The van der Waals surface area contributed by atoms with Crippen molar-refractivity contribution >= 4 is 35.0 Å². The molecule has 2 aromatic rings. The molecule has 28 heavy (non-hydrogen) atoms. The number of para-hydroxylation sites is 2. The smallest absolute Gasteiger partial charge is 0.331 e. The first-order valence-corrected chi connectivity index (χ1v) is 8.80. The van der Waals surface area contributed by atoms with Crippen LogP contribution in [0.4, 0.5) is 4.39 Å². The fourth-order valence-electron chi connectivity index (χ4n) is 2.11. The van der Waals surface area contributed by atoms with E-state index < -0.39 is 17.7 Å². The van der Waals surface area contributed by atoms with Crippen molar-refractivity contribution in [3.63, 3.8) is 0 Å². The maximum absolute atomic E-state index is 13.8. The van der Waals surface area contributed by atoms with Gasteiger partial charge in [-0.2, -0.15) is 5.10 Å². The zero-order valence-corrected chi connectivity index (χ0v) is 15.4. The zero-order valence-electron chi connectivity index (χ0n) is 14.6. The van der Waals surface area contributed by atoms with Crippen LogP contribution in [0.15, 0.2) is 69.7 Å². The molecule has 9 heteroatoms. The van der Waals surface area contributed by atoms with Gasteiger partial charge in [0.2, 0.25) is 0 Å². The highest BCUT2D eigenvalue weighted by Gasteiger charge is 2.25. The Balaban J connectivity index is 1.74. The van der Waals surface area contributed by atoms with Crippen molar-refractivity contribution in [3.8, 4) is 11.5 Å². The predicted molar refractivity (Wildman–Crippen MR) is 104 cm³/mol. The van der Waals surface area contributed by atoms with Crippen LogP contribution in [0, 0.1) is 5.82 Å². The maximum atomic E-state index is 13.8. The van der Waals surface area contributed by atoms with Crippen molar-refractivity contribution < 1.29 is 23.5 Å². The lowest BCUT2D eigenvalue weighted by molar-refractivity contribution is -0.135. The quantitative estimate of drug-likeness (QED) is 0.361. The van der Waals surface area contributed by atoms with E-state index in [9.17, 15) is 14.0 Å². The van der Waals surface area contributed by atoms with E-state index in [4.69, 9.17) is 4.74 Å². The Morgan fingerprint density at radius 3 is 2.61 bits per heavy atom. The Kier molecular flexibility index (Phi) is 6.18. The second-order valence-corrected chi connectivity index (χ2v) is 6.34. The van der Waals surface area contributed by atoms with Gasteiger partial charge in [0.25, 0.3) is 5.91 Å². The minimum absolute atomic E-state index is 0.0888. The number of esters is 1. The average Bonchev–Trinajstić information content (AvgIpc) is 3.04. The molecular weight excluding hydrogens is 385 g/mol. The number of amides is 1. The summed E-state index contributed by atoms with van der Waals surface area (Å²) in [4.78, 5) is 23.1. The van der Waals surface area contributed by atoms with Crippen LogP contribution in [0.3, 0.4) is 0 Å². The van der Waals surface area contributed by atoms with Crippen molar-refractivity contribution in [2.75, 3.05) is 7.11 Å². The highest BCUT2D eigenvalue weighted by atomic mass is 32.2. The lowest BCUT2D eigenvalue weighted by Crippen LogP contribution is -2.19. The minimum Gasteiger partial charge on any atom is -0.466 e. The molecule has 1 aliphatic rings. The van der Waals surface area contributed by atoms with Gasteiger partial charge >= 0.3 is 5.97 Å². The van der Waals surface area contributed by atoms with Gasteiger partial charge < -0.3 is 9.47 Å². The van der Waals surface area contributed by atoms with E-state index in [0.29, 0.717) is 11.3 Å². The van der Waals surface area contributed by atoms with Gasteiger partial charge in [0.05, 0.1) is 18.2 Å². The topological polar surface area (TPSA) is 89.3 Å². The van der Waals surface area contributed by atoms with Gasteiger partial charge in [0.15, 0.2) is 16.7 Å². The normalized spacial score (nSPS) is 16.6. The summed E-state index contributed by atoms with van der Waals surface area (Å²) in [6, 6.07) is 13.0. The van der Waals surface area contributed by atoms with Gasteiger partial charge in [-0.25, -0.2) is 9.18 Å². The third-order valence-electron chi connectivity index (χ3n) is 3.42. The van der Waals surface area contributed by atoms with Gasteiger partial charge in [-0.05, 0) is 36.0 Å². The second-order valence-electron chi connectivity index (χ2n) is 5.31. The first-order chi connectivity index (χ1) is 13.6. The van der Waals surface area contributed by atoms with Gasteiger partial charge in [0, 0.05) is 11.6 Å². The fraction of sp³-hybridized carbons (Fsp3) is 0.0526. The SMILES string of the molecule is COC(=O)/C=C1/S/C(=N\N=Cc2ccccc2Oc2ccccc2F)NC1=O. The Labute approximate surface area is 163 Å². The number of rotatable bonds is 5. The average molecular weight is 399 g/mol. The van der Waals surface area contributed by atoms with Crippen molar-refractivity contribution in [3.05, 3.63) is 70.9 Å². The van der Waals surface area contributed by atoms with E-state index in [0.717, 1.165) is 17.8 Å². The Hall–Kier alpha value is -3.46. The minimum atomic E-state index is -0.637. The van der Waals surface area contributed by atoms with E-state index >= 15 is 0 Å². The number of hydrogen-bond acceptors (Lipinski definition) is 7. The summed E-state index contributed by atoms with van der Waals surface area (Å²) in [5, 5.41) is 10.5. The number of amidine groups is 1. The molecule has 0 unspecified atom stereocenters. The molecule has 3 rings (SSSR count). The first-order valence-electron chi connectivity index (χ1n) is 7.98. The molecule has 1 N–H and O–H groups in total. The molecule has 1 aliphatic heterocycles. The van der Waals surface area contributed by atoms with Crippen molar-refractivity contribution in [2.45, 2.75) is 0 Å². The number of ether oxygens (including phenoxy) is 2. The first kappa shape index (κ1) is 19.3. The summed E-state index contributed by atoms with van der Waals surface area (Å²) >= 11 is 0.961. The van der Waals surface area contributed by atoms with Crippen molar-refractivity contribution in [1.82, 2.24) is 5.32 Å². The molecule has 7 nitrogen and oxygen atoms in total. The third-order valence-corrected chi connectivity index (χ3v) is 4.32. The molecule has 1 heterocycles. The highest BCUT2D eigenvalue weighted by Crippen LogP contribution is 2.27. The lowest BCUT2D eigenvalue weighted by atomic mass is 10.2. The number of hydrogen-bond donors (Lipinski definition) is 1. The molecule has 0 bridgehead atoms. The molecule has 1 amide bonds. The maximum Gasteiger partial charge on any atom is 0.331 e. The van der Waals surface area contributed by atoms with E-state index in [-0.39, 0.29) is 15.8 Å². The third kappa shape index (κ3) is 4.83. The molecule has 0 atom stereocenters. The Morgan fingerprint density at radius 2 is 1.86 bits per heavy atom. The van der Waals surface area contributed by atoms with Gasteiger partial charge in [0.1, 0.15) is 5.75 Å². The van der Waals surface area contributed by atoms with E-state index in [1.807, 2.05) is 0 Å². The van der Waals surface area contributed by atoms with E-state index in [2.05, 4.69) is 20.3 Å². The number of nitrogens with zero attached hydrogens (tertiary/aromatic N) is 2. The van der Waals surface area contributed by atoms with Crippen LogP contribution >= 0.6 is 11.8 Å². The molecule has 0 aliphatic carbocycles. The summed E-state index contributed by atoms with van der Waals surface area (Å²) in [6.07, 6.45) is 2.49. The summed E-state index contributed by atoms with van der Waals surface area (Å²) in [5.41, 5.74) is 0.565. The monoisotopic (exact) mass is 399 g/mol. The zero-order chi connectivity index (χ0) is 19.9. The van der Waals surface area contributed by atoms with Crippen LogP contribution in [0.1, 0.15) is 5.56 Å². The largest absolute Gasteiger partial charge is 0.466 e. The fourth-order valence-corrected chi connectivity index (χ4v) is 2.85. The molecule has 142 valence electrons. The Morgan fingerprint density at radius 1 is 1.14 bits per heavy atom. The number of halogens is 1.